The largest absolute Gasteiger partial charge is 0.293 e. The summed E-state index contributed by atoms with van der Waals surface area (Å²) >= 11 is 0. The maximum absolute atomic E-state index is 14.9. The number of carbonyl (C=O) groups excluding carboxylic acids is 2. The highest BCUT2D eigenvalue weighted by molar-refractivity contribution is 6.34. The number of hydrogen-bond donors (Lipinski definition) is 0. The number of ketones is 2. The van der Waals surface area contributed by atoms with Crippen molar-refractivity contribution in [1.82, 2.24) is 0 Å². The fraction of sp³-hybridized carbons (Fsp3) is 0.269. The highest BCUT2D eigenvalue weighted by Crippen LogP contribution is 2.55. The molecule has 0 radical (unpaired) electrons. The van der Waals surface area contributed by atoms with Crippen LogP contribution in [0.1, 0.15) is 74.8 Å². The van der Waals surface area contributed by atoms with Gasteiger partial charge in [0.25, 0.3) is 0 Å². The summed E-state index contributed by atoms with van der Waals surface area (Å²) < 4.78 is 0. The maximum Gasteiger partial charge on any atom is 0.190 e. The van der Waals surface area contributed by atoms with E-state index >= 15 is 0 Å². The first kappa shape index (κ1) is 34.4. The molecular weight excluding hydrogens is 657 g/mol. The lowest BCUT2D eigenvalue weighted by Crippen LogP contribution is -2.24. The van der Waals surface area contributed by atoms with E-state index in [1.165, 1.54) is 22.3 Å². The monoisotopic (exact) mass is 704 g/mol. The molecule has 0 amide bonds. The van der Waals surface area contributed by atoms with Crippen LogP contribution in [-0.4, -0.2) is 11.6 Å². The molecule has 0 fully saturated rings. The van der Waals surface area contributed by atoms with Gasteiger partial charge in [-0.1, -0.05) is 152 Å². The van der Waals surface area contributed by atoms with Gasteiger partial charge in [-0.15, -0.1) is 0 Å². The van der Waals surface area contributed by atoms with Crippen LogP contribution in [0.3, 0.4) is 0 Å². The van der Waals surface area contributed by atoms with E-state index in [4.69, 9.17) is 0 Å². The number of rotatable bonds is 8. The molecule has 0 saturated carbocycles. The van der Waals surface area contributed by atoms with E-state index in [0.29, 0.717) is 0 Å². The highest BCUT2D eigenvalue weighted by atomic mass is 16.1. The summed E-state index contributed by atoms with van der Waals surface area (Å²) in [7, 11) is 0. The lowest BCUT2D eigenvalue weighted by atomic mass is 9.71. The maximum atomic E-state index is 14.9. The molecule has 0 saturated heterocycles. The minimum Gasteiger partial charge on any atom is -0.293 e. The molecule has 2 aromatic carbocycles. The molecular formula is C52H48O2. The van der Waals surface area contributed by atoms with Crippen molar-refractivity contribution in [3.05, 3.63) is 208 Å². The van der Waals surface area contributed by atoms with Gasteiger partial charge in [0.1, 0.15) is 0 Å². The van der Waals surface area contributed by atoms with E-state index in [9.17, 15) is 9.59 Å². The van der Waals surface area contributed by atoms with Gasteiger partial charge in [-0.25, -0.2) is 0 Å². The third kappa shape index (κ3) is 6.26. The molecule has 0 bridgehead atoms. The second-order valence-corrected chi connectivity index (χ2v) is 15.7. The first-order valence-corrected chi connectivity index (χ1v) is 20.2. The standard InChI is InChI=1S/C52H48O2/c53-51-47(37-23-11-3-12-24-37)43(35-19-7-1-8-20-35)45(49(51)39-27-15-5-16-28-39)41-31-33-42(34-32-41)46-44(36-21-9-2-10-22-36)48(38-25-13-4-14-26-38)52(54)50(46)40-29-17-6-18-30-40/h1-5,7-11,13-17,19,21,25-31,33,35-37,44,48H,6,12,18,20,22-24,32,34H2. The Morgan fingerprint density at radius 2 is 1.33 bits per heavy atom. The van der Waals surface area contributed by atoms with Gasteiger partial charge in [-0.3, -0.25) is 9.59 Å². The van der Waals surface area contributed by atoms with E-state index in [1.807, 2.05) is 12.1 Å². The Bertz CT molecular complexity index is 2230. The summed E-state index contributed by atoms with van der Waals surface area (Å²) in [5, 5.41) is 0. The molecule has 2 aromatic rings. The highest BCUT2D eigenvalue weighted by Gasteiger charge is 2.47. The third-order valence-electron chi connectivity index (χ3n) is 12.6. The van der Waals surface area contributed by atoms with Crippen molar-refractivity contribution in [2.75, 3.05) is 0 Å². The van der Waals surface area contributed by atoms with E-state index in [-0.39, 0.29) is 41.2 Å². The zero-order valence-electron chi connectivity index (χ0n) is 31.0. The average Bonchev–Trinajstić information content (AvgIpc) is 3.73. The molecule has 0 heterocycles. The molecule has 9 rings (SSSR count). The van der Waals surface area contributed by atoms with Crippen LogP contribution in [0.2, 0.25) is 0 Å². The summed E-state index contributed by atoms with van der Waals surface area (Å²) in [6.07, 6.45) is 42.0. The third-order valence-corrected chi connectivity index (χ3v) is 12.6. The number of benzene rings is 2. The minimum atomic E-state index is -0.229. The Labute approximate surface area is 320 Å². The SMILES string of the molecule is O=C1C(c2ccccc2)=C(C2=CC=C(C3=C(C4=CCCC=C4)C(=O)C(c4ccccc4)C3C3C=CC=CC3)CC2)C(C2C=CC=CC2)=C1C1CC=CCC1. The molecule has 2 heteroatoms. The summed E-state index contributed by atoms with van der Waals surface area (Å²) in [5.41, 5.74) is 12.2. The molecule has 0 N–H and O–H groups in total. The number of allylic oxidation sites excluding steroid dienone is 24. The Kier molecular flexibility index (Phi) is 9.68. The molecule has 0 spiro atoms. The van der Waals surface area contributed by atoms with Crippen LogP contribution in [0, 0.1) is 23.7 Å². The topological polar surface area (TPSA) is 34.1 Å². The van der Waals surface area contributed by atoms with Crippen molar-refractivity contribution in [3.63, 3.8) is 0 Å². The van der Waals surface area contributed by atoms with E-state index in [0.717, 1.165) is 96.8 Å². The van der Waals surface area contributed by atoms with Crippen molar-refractivity contribution in [3.8, 4) is 0 Å². The Hall–Kier alpha value is -5.34. The predicted octanol–water partition coefficient (Wildman–Crippen LogP) is 12.1. The quantitative estimate of drug-likeness (QED) is 0.256. The first-order chi connectivity index (χ1) is 26.7. The lowest BCUT2D eigenvalue weighted by Gasteiger charge is -2.31. The van der Waals surface area contributed by atoms with Gasteiger partial charge < -0.3 is 0 Å². The summed E-state index contributed by atoms with van der Waals surface area (Å²) in [6.45, 7) is 0. The summed E-state index contributed by atoms with van der Waals surface area (Å²) in [6, 6.07) is 20.9. The molecule has 268 valence electrons. The molecule has 0 aliphatic heterocycles. The van der Waals surface area contributed by atoms with Crippen molar-refractivity contribution < 1.29 is 9.59 Å². The Balaban J connectivity index is 1.21. The van der Waals surface area contributed by atoms with Gasteiger partial charge in [0.2, 0.25) is 0 Å². The number of hydrogen-bond acceptors (Lipinski definition) is 2. The van der Waals surface area contributed by atoms with Crippen LogP contribution < -0.4 is 0 Å². The van der Waals surface area contributed by atoms with Gasteiger partial charge in [0.05, 0.1) is 5.92 Å². The van der Waals surface area contributed by atoms with Crippen LogP contribution >= 0.6 is 0 Å². The van der Waals surface area contributed by atoms with Gasteiger partial charge in [0, 0.05) is 28.6 Å². The fourth-order valence-electron chi connectivity index (χ4n) is 10.2. The second kappa shape index (κ2) is 15.2. The number of carbonyl (C=O) groups is 2. The van der Waals surface area contributed by atoms with Gasteiger partial charge in [0.15, 0.2) is 11.6 Å². The van der Waals surface area contributed by atoms with Gasteiger partial charge >= 0.3 is 0 Å². The van der Waals surface area contributed by atoms with Crippen molar-refractivity contribution in [1.29, 1.82) is 0 Å². The minimum absolute atomic E-state index is 0.0428. The first-order valence-electron chi connectivity index (χ1n) is 20.2. The van der Waals surface area contributed by atoms with E-state index in [2.05, 4.69) is 140 Å². The van der Waals surface area contributed by atoms with E-state index < -0.39 is 0 Å². The molecule has 54 heavy (non-hydrogen) atoms. The Morgan fingerprint density at radius 1 is 0.574 bits per heavy atom. The van der Waals surface area contributed by atoms with Crippen LogP contribution in [0.15, 0.2) is 196 Å². The van der Waals surface area contributed by atoms with Crippen molar-refractivity contribution >= 4 is 17.1 Å². The van der Waals surface area contributed by atoms with Crippen LogP contribution in [-0.2, 0) is 9.59 Å². The summed E-state index contributed by atoms with van der Waals surface area (Å²) in [4.78, 5) is 29.9. The smallest absolute Gasteiger partial charge is 0.190 e. The Morgan fingerprint density at radius 3 is 2.00 bits per heavy atom. The zero-order valence-corrected chi connectivity index (χ0v) is 31.0. The van der Waals surface area contributed by atoms with Crippen molar-refractivity contribution in [2.24, 2.45) is 23.7 Å². The van der Waals surface area contributed by atoms with Crippen LogP contribution in [0.4, 0.5) is 0 Å². The van der Waals surface area contributed by atoms with Crippen LogP contribution in [0.25, 0.3) is 5.57 Å². The summed E-state index contributed by atoms with van der Waals surface area (Å²) in [5.74, 6) is 0.899. The van der Waals surface area contributed by atoms with Gasteiger partial charge in [-0.05, 0) is 114 Å². The molecule has 0 aromatic heterocycles. The van der Waals surface area contributed by atoms with Crippen LogP contribution in [0.5, 0.6) is 0 Å². The molecule has 7 aliphatic carbocycles. The molecule has 7 aliphatic rings. The zero-order chi connectivity index (χ0) is 36.4. The average molecular weight is 705 g/mol. The molecule has 5 atom stereocenters. The second-order valence-electron chi connectivity index (χ2n) is 15.7. The normalized spacial score (nSPS) is 28.0. The molecule has 5 unspecified atom stereocenters. The lowest BCUT2D eigenvalue weighted by molar-refractivity contribution is -0.116. The van der Waals surface area contributed by atoms with E-state index in [1.54, 1.807) is 0 Å². The number of Topliss-reactive ketones (excluding diaryl/α,β-unsaturated/α-hetero) is 2. The predicted molar refractivity (Wildman–Crippen MR) is 221 cm³/mol. The van der Waals surface area contributed by atoms with Gasteiger partial charge in [-0.2, -0.15) is 0 Å². The fourth-order valence-corrected chi connectivity index (χ4v) is 10.2. The molecule has 2 nitrogen and oxygen atoms in total. The van der Waals surface area contributed by atoms with Crippen molar-refractivity contribution in [2.45, 2.75) is 63.7 Å².